The third kappa shape index (κ3) is 3.08. The molecule has 0 aliphatic carbocycles. The van der Waals surface area contributed by atoms with E-state index in [-0.39, 0.29) is 6.79 Å². The van der Waals surface area contributed by atoms with Gasteiger partial charge in [0.25, 0.3) is 0 Å². The van der Waals surface area contributed by atoms with E-state index in [1.54, 1.807) is 11.3 Å². The summed E-state index contributed by atoms with van der Waals surface area (Å²) >= 11 is 1.63. The molecule has 4 aromatic rings. The van der Waals surface area contributed by atoms with Crippen LogP contribution in [0.3, 0.4) is 0 Å². The fraction of sp³-hybridized carbons (Fsp3) is 0.190. The van der Waals surface area contributed by atoms with E-state index in [1.807, 2.05) is 24.4 Å². The lowest BCUT2D eigenvalue weighted by molar-refractivity contribution is 0.174. The van der Waals surface area contributed by atoms with E-state index >= 15 is 0 Å². The molecule has 0 unspecified atom stereocenters. The van der Waals surface area contributed by atoms with Gasteiger partial charge in [0.05, 0.1) is 11.4 Å². The van der Waals surface area contributed by atoms with Gasteiger partial charge in [-0.15, -0.1) is 11.3 Å². The van der Waals surface area contributed by atoms with E-state index in [0.717, 1.165) is 57.1 Å². The maximum Gasteiger partial charge on any atom is 0.231 e. The Kier molecular flexibility index (Phi) is 4.38. The summed E-state index contributed by atoms with van der Waals surface area (Å²) in [6.45, 7) is 1.73. The summed E-state index contributed by atoms with van der Waals surface area (Å²) < 4.78 is 13.2. The Morgan fingerprint density at radius 1 is 1.11 bits per heavy atom. The Labute approximate surface area is 165 Å². The molecule has 0 saturated carbocycles. The molecule has 2 aromatic heterocycles. The molecular weight excluding hydrogens is 372 g/mol. The highest BCUT2D eigenvalue weighted by atomic mass is 32.1. The smallest absolute Gasteiger partial charge is 0.231 e. The predicted molar refractivity (Wildman–Crippen MR) is 111 cm³/mol. The van der Waals surface area contributed by atoms with Gasteiger partial charge in [-0.2, -0.15) is 0 Å². The number of aromatic amines is 1. The molecule has 3 heterocycles. The Balaban J connectivity index is 1.60. The molecule has 142 valence electrons. The number of hydrogen-bond donors (Lipinski definition) is 2. The normalized spacial score (nSPS) is 13.5. The standard InChI is InChI=1S/C21H20N4O2S/c22-7-1-9-25-18(15-2-5-19-20(11-15)27-13-26-19)12-28-21(25)24-16-3-4-17-14(10-16)6-8-23-17/h2-6,8,10-12,23H,1,7,9,13,22H2. The minimum absolute atomic E-state index is 0.276. The number of aromatic nitrogens is 2. The van der Waals surface area contributed by atoms with E-state index in [2.05, 4.69) is 39.2 Å². The minimum atomic E-state index is 0.276. The highest BCUT2D eigenvalue weighted by molar-refractivity contribution is 7.07. The number of ether oxygens (including phenoxy) is 2. The molecule has 5 rings (SSSR count). The maximum atomic E-state index is 5.78. The van der Waals surface area contributed by atoms with Crippen LogP contribution >= 0.6 is 11.3 Å². The number of nitrogens with zero attached hydrogens (tertiary/aromatic N) is 2. The van der Waals surface area contributed by atoms with Crippen LogP contribution < -0.4 is 20.0 Å². The zero-order chi connectivity index (χ0) is 18.9. The molecule has 0 amide bonds. The van der Waals surface area contributed by atoms with Gasteiger partial charge in [-0.25, -0.2) is 4.99 Å². The topological polar surface area (TPSA) is 77.6 Å². The van der Waals surface area contributed by atoms with Gasteiger partial charge in [0.1, 0.15) is 0 Å². The second kappa shape index (κ2) is 7.18. The van der Waals surface area contributed by atoms with Crippen molar-refractivity contribution in [3.8, 4) is 22.8 Å². The van der Waals surface area contributed by atoms with Gasteiger partial charge in [0.2, 0.25) is 6.79 Å². The van der Waals surface area contributed by atoms with Crippen LogP contribution in [0.25, 0.3) is 22.2 Å². The lowest BCUT2D eigenvalue weighted by Crippen LogP contribution is -2.18. The Morgan fingerprint density at radius 2 is 2.04 bits per heavy atom. The fourth-order valence-corrected chi connectivity index (χ4v) is 4.35. The highest BCUT2D eigenvalue weighted by Crippen LogP contribution is 2.36. The van der Waals surface area contributed by atoms with Crippen LogP contribution in [0, 0.1) is 0 Å². The van der Waals surface area contributed by atoms with Gasteiger partial charge in [0, 0.05) is 34.6 Å². The SMILES string of the molecule is NCCCn1c(-c2ccc3c(c2)OCO3)csc1=Nc1ccc2[nH]ccc2c1. The highest BCUT2D eigenvalue weighted by Gasteiger charge is 2.16. The Hall–Kier alpha value is -3.03. The number of H-pyrrole nitrogens is 1. The van der Waals surface area contributed by atoms with Crippen molar-refractivity contribution in [1.29, 1.82) is 0 Å². The molecule has 0 bridgehead atoms. The van der Waals surface area contributed by atoms with Gasteiger partial charge in [-0.3, -0.25) is 0 Å². The summed E-state index contributed by atoms with van der Waals surface area (Å²) in [4.78, 5) is 9.08. The number of fused-ring (bicyclic) bond motifs is 2. The molecule has 1 aliphatic rings. The zero-order valence-corrected chi connectivity index (χ0v) is 16.0. The van der Waals surface area contributed by atoms with Crippen molar-refractivity contribution in [1.82, 2.24) is 9.55 Å². The molecule has 0 atom stereocenters. The zero-order valence-electron chi connectivity index (χ0n) is 15.2. The van der Waals surface area contributed by atoms with Crippen LogP contribution in [0.15, 0.2) is 59.0 Å². The largest absolute Gasteiger partial charge is 0.454 e. The third-order valence-corrected chi connectivity index (χ3v) is 5.68. The summed E-state index contributed by atoms with van der Waals surface area (Å²) in [5, 5.41) is 3.30. The van der Waals surface area contributed by atoms with E-state index in [4.69, 9.17) is 20.2 Å². The molecular formula is C21H20N4O2S. The number of benzene rings is 2. The van der Waals surface area contributed by atoms with Crippen molar-refractivity contribution in [2.75, 3.05) is 13.3 Å². The molecule has 7 heteroatoms. The van der Waals surface area contributed by atoms with Crippen LogP contribution in [0.5, 0.6) is 11.5 Å². The van der Waals surface area contributed by atoms with Crippen molar-refractivity contribution in [3.63, 3.8) is 0 Å². The van der Waals surface area contributed by atoms with Crippen molar-refractivity contribution in [2.45, 2.75) is 13.0 Å². The molecule has 28 heavy (non-hydrogen) atoms. The van der Waals surface area contributed by atoms with E-state index in [0.29, 0.717) is 6.54 Å². The summed E-state index contributed by atoms with van der Waals surface area (Å²) in [7, 11) is 0. The second-order valence-corrected chi connectivity index (χ2v) is 7.46. The summed E-state index contributed by atoms with van der Waals surface area (Å²) in [6, 6.07) is 14.3. The van der Waals surface area contributed by atoms with Crippen LogP contribution in [-0.2, 0) is 6.54 Å². The van der Waals surface area contributed by atoms with Gasteiger partial charge in [-0.1, -0.05) is 0 Å². The first kappa shape index (κ1) is 17.1. The molecule has 1 aliphatic heterocycles. The first-order valence-corrected chi connectivity index (χ1v) is 10.1. The molecule has 0 radical (unpaired) electrons. The summed E-state index contributed by atoms with van der Waals surface area (Å²) in [5.41, 5.74) is 10.0. The monoisotopic (exact) mass is 392 g/mol. The second-order valence-electron chi connectivity index (χ2n) is 6.63. The molecule has 3 N–H and O–H groups in total. The van der Waals surface area contributed by atoms with Crippen molar-refractivity contribution < 1.29 is 9.47 Å². The first-order valence-electron chi connectivity index (χ1n) is 9.22. The predicted octanol–water partition coefficient (Wildman–Crippen LogP) is 4.01. The van der Waals surface area contributed by atoms with E-state index in [9.17, 15) is 0 Å². The number of nitrogens with one attached hydrogen (secondary N) is 1. The first-order chi connectivity index (χ1) is 13.8. The van der Waals surface area contributed by atoms with Crippen molar-refractivity contribution in [3.05, 3.63) is 58.8 Å². The fourth-order valence-electron chi connectivity index (χ4n) is 3.39. The number of nitrogens with two attached hydrogens (primary N) is 1. The maximum absolute atomic E-state index is 5.78. The average molecular weight is 392 g/mol. The summed E-state index contributed by atoms with van der Waals surface area (Å²) in [5.74, 6) is 1.57. The molecule has 6 nitrogen and oxygen atoms in total. The quantitative estimate of drug-likeness (QED) is 0.539. The van der Waals surface area contributed by atoms with E-state index in [1.165, 1.54) is 0 Å². The third-order valence-electron chi connectivity index (χ3n) is 4.81. The Morgan fingerprint density at radius 3 is 2.96 bits per heavy atom. The van der Waals surface area contributed by atoms with Crippen molar-refractivity contribution in [2.24, 2.45) is 10.7 Å². The molecule has 0 saturated heterocycles. The van der Waals surface area contributed by atoms with Gasteiger partial charge >= 0.3 is 0 Å². The number of rotatable bonds is 5. The minimum Gasteiger partial charge on any atom is -0.454 e. The Bertz CT molecular complexity index is 1200. The lowest BCUT2D eigenvalue weighted by Gasteiger charge is -2.09. The van der Waals surface area contributed by atoms with Gasteiger partial charge < -0.3 is 24.8 Å². The molecule has 2 aromatic carbocycles. The number of hydrogen-bond acceptors (Lipinski definition) is 5. The van der Waals surface area contributed by atoms with E-state index < -0.39 is 0 Å². The molecule has 0 spiro atoms. The lowest BCUT2D eigenvalue weighted by atomic mass is 10.1. The molecule has 0 fully saturated rings. The average Bonchev–Trinajstić information content (AvgIpc) is 3.45. The van der Waals surface area contributed by atoms with Gasteiger partial charge in [-0.05, 0) is 55.4 Å². The van der Waals surface area contributed by atoms with Crippen LogP contribution in [0.1, 0.15) is 6.42 Å². The van der Waals surface area contributed by atoms with Crippen LogP contribution in [0.4, 0.5) is 5.69 Å². The number of thiazole rings is 1. The summed E-state index contributed by atoms with van der Waals surface area (Å²) in [6.07, 6.45) is 2.83. The van der Waals surface area contributed by atoms with Crippen LogP contribution in [-0.4, -0.2) is 22.9 Å². The van der Waals surface area contributed by atoms with Crippen molar-refractivity contribution >= 4 is 27.9 Å². The van der Waals surface area contributed by atoms with Gasteiger partial charge in [0.15, 0.2) is 16.3 Å². The van der Waals surface area contributed by atoms with Crippen LogP contribution in [0.2, 0.25) is 0 Å².